The highest BCUT2D eigenvalue weighted by Crippen LogP contribution is 2.10. The average Bonchev–Trinajstić information content (AvgIpc) is 2.85. The molecule has 2 rings (SSSR count). The summed E-state index contributed by atoms with van der Waals surface area (Å²) < 4.78 is 40.7. The molecule has 1 aromatic heterocycles. The van der Waals surface area contributed by atoms with Crippen LogP contribution in [0.25, 0.3) is 0 Å². The molecule has 7 heteroatoms. The number of nitrogens with zero attached hydrogens (tertiary/aromatic N) is 2. The number of nitrogens with one attached hydrogen (secondary N) is 1. The van der Waals surface area contributed by atoms with Crippen molar-refractivity contribution in [1.29, 1.82) is 0 Å². The zero-order chi connectivity index (χ0) is 13.9. The molecule has 5 nitrogen and oxygen atoms in total. The molecule has 0 aliphatic heterocycles. The predicted octanol–water partition coefficient (Wildman–Crippen LogP) is 1.52. The molecule has 1 aromatic carbocycles. The van der Waals surface area contributed by atoms with Gasteiger partial charge in [0.1, 0.15) is 5.82 Å². The highest BCUT2D eigenvalue weighted by atomic mass is 32.2. The maximum atomic E-state index is 12.7. The predicted molar refractivity (Wildman–Crippen MR) is 68.3 cm³/mol. The number of sulfonamides is 1. The summed E-state index contributed by atoms with van der Waals surface area (Å²) in [6, 6.07) is 6.42. The van der Waals surface area contributed by atoms with Gasteiger partial charge in [0.15, 0.2) is 0 Å². The van der Waals surface area contributed by atoms with Gasteiger partial charge in [-0.15, -0.1) is 0 Å². The molecular formula is C12H14FN3O2S. The van der Waals surface area contributed by atoms with Crippen LogP contribution in [0.5, 0.6) is 0 Å². The number of hydrogen-bond acceptors (Lipinski definition) is 3. The highest BCUT2D eigenvalue weighted by molar-refractivity contribution is 7.89. The first-order valence-electron chi connectivity index (χ1n) is 5.79. The van der Waals surface area contributed by atoms with Crippen molar-refractivity contribution in [2.45, 2.75) is 24.9 Å². The van der Waals surface area contributed by atoms with Gasteiger partial charge < -0.3 is 0 Å². The molecule has 1 N–H and O–H groups in total. The summed E-state index contributed by atoms with van der Waals surface area (Å²) in [7, 11) is -3.64. The van der Waals surface area contributed by atoms with Crippen molar-refractivity contribution in [2.24, 2.45) is 0 Å². The van der Waals surface area contributed by atoms with Gasteiger partial charge in [-0.2, -0.15) is 5.10 Å². The number of rotatable bonds is 5. The fraction of sp³-hybridized carbons (Fsp3) is 0.250. The standard InChI is InChI=1S/C12H14FN3O2S/c1-2-16-8-7-11(15-16)9-14-19(17,18)12-5-3-10(13)4-6-12/h3-8,14H,2,9H2,1H3. The van der Waals surface area contributed by atoms with Gasteiger partial charge in [0.05, 0.1) is 17.1 Å². The number of hydrogen-bond donors (Lipinski definition) is 1. The van der Waals surface area contributed by atoms with Crippen molar-refractivity contribution in [3.63, 3.8) is 0 Å². The van der Waals surface area contributed by atoms with E-state index in [0.717, 1.165) is 18.7 Å². The lowest BCUT2D eigenvalue weighted by Crippen LogP contribution is -2.23. The van der Waals surface area contributed by atoms with Crippen molar-refractivity contribution in [1.82, 2.24) is 14.5 Å². The topological polar surface area (TPSA) is 64.0 Å². The SMILES string of the molecule is CCn1ccc(CNS(=O)(=O)c2ccc(F)cc2)n1. The molecule has 0 saturated heterocycles. The van der Waals surface area contributed by atoms with Gasteiger partial charge in [-0.3, -0.25) is 4.68 Å². The average molecular weight is 283 g/mol. The molecule has 0 amide bonds. The normalized spacial score (nSPS) is 11.7. The third kappa shape index (κ3) is 3.39. The van der Waals surface area contributed by atoms with Gasteiger partial charge >= 0.3 is 0 Å². The van der Waals surface area contributed by atoms with E-state index in [2.05, 4.69) is 9.82 Å². The molecular weight excluding hydrogens is 269 g/mol. The third-order valence-corrected chi connectivity index (χ3v) is 4.00. The molecule has 102 valence electrons. The van der Waals surface area contributed by atoms with Crippen LogP contribution in [0.4, 0.5) is 4.39 Å². The minimum absolute atomic E-state index is 0.0313. The second-order valence-corrected chi connectivity index (χ2v) is 5.71. The molecule has 1 heterocycles. The van der Waals surface area contributed by atoms with E-state index in [4.69, 9.17) is 0 Å². The lowest BCUT2D eigenvalue weighted by atomic mass is 10.4. The minimum Gasteiger partial charge on any atom is -0.273 e. The highest BCUT2D eigenvalue weighted by Gasteiger charge is 2.14. The summed E-state index contributed by atoms with van der Waals surface area (Å²) in [6.07, 6.45) is 1.78. The molecule has 0 fully saturated rings. The third-order valence-electron chi connectivity index (χ3n) is 2.59. The lowest BCUT2D eigenvalue weighted by molar-refractivity contribution is 0.577. The van der Waals surface area contributed by atoms with E-state index in [1.54, 1.807) is 16.9 Å². The quantitative estimate of drug-likeness (QED) is 0.905. The van der Waals surface area contributed by atoms with E-state index in [9.17, 15) is 12.8 Å². The van der Waals surface area contributed by atoms with E-state index in [1.165, 1.54) is 12.1 Å². The summed E-state index contributed by atoms with van der Waals surface area (Å²) in [4.78, 5) is 0.0313. The molecule has 2 aromatic rings. The van der Waals surface area contributed by atoms with Crippen molar-refractivity contribution in [3.8, 4) is 0 Å². The zero-order valence-electron chi connectivity index (χ0n) is 10.4. The Morgan fingerprint density at radius 1 is 1.26 bits per heavy atom. The summed E-state index contributed by atoms with van der Waals surface area (Å²) in [5.41, 5.74) is 0.632. The Labute approximate surface area is 111 Å². The molecule has 0 unspecified atom stereocenters. The van der Waals surface area contributed by atoms with Gasteiger partial charge in [0.25, 0.3) is 0 Å². The fourth-order valence-electron chi connectivity index (χ4n) is 1.54. The van der Waals surface area contributed by atoms with Gasteiger partial charge in [0.2, 0.25) is 10.0 Å². The largest absolute Gasteiger partial charge is 0.273 e. The first kappa shape index (κ1) is 13.7. The Morgan fingerprint density at radius 2 is 1.95 bits per heavy atom. The van der Waals surface area contributed by atoms with Crippen LogP contribution in [-0.2, 0) is 23.1 Å². The number of aryl methyl sites for hydroxylation is 1. The second-order valence-electron chi connectivity index (χ2n) is 3.94. The van der Waals surface area contributed by atoms with Crippen LogP contribution in [0.3, 0.4) is 0 Å². The Hall–Kier alpha value is -1.73. The van der Waals surface area contributed by atoms with Crippen LogP contribution in [0.2, 0.25) is 0 Å². The van der Waals surface area contributed by atoms with Gasteiger partial charge in [0, 0.05) is 12.7 Å². The van der Waals surface area contributed by atoms with Crippen molar-refractivity contribution < 1.29 is 12.8 Å². The van der Waals surface area contributed by atoms with E-state index in [-0.39, 0.29) is 11.4 Å². The Kier molecular flexibility index (Phi) is 3.96. The van der Waals surface area contributed by atoms with Crippen LogP contribution in [0.1, 0.15) is 12.6 Å². The van der Waals surface area contributed by atoms with Crippen LogP contribution in [0.15, 0.2) is 41.4 Å². The number of benzene rings is 1. The van der Waals surface area contributed by atoms with E-state index in [0.29, 0.717) is 5.69 Å². The van der Waals surface area contributed by atoms with E-state index < -0.39 is 15.8 Å². The van der Waals surface area contributed by atoms with Crippen LogP contribution >= 0.6 is 0 Å². The minimum atomic E-state index is -3.64. The van der Waals surface area contributed by atoms with Gasteiger partial charge in [-0.25, -0.2) is 17.5 Å². The van der Waals surface area contributed by atoms with Crippen LogP contribution in [0, 0.1) is 5.82 Å². The van der Waals surface area contributed by atoms with Crippen LogP contribution < -0.4 is 4.72 Å². The fourth-order valence-corrected chi connectivity index (χ4v) is 2.54. The van der Waals surface area contributed by atoms with Crippen molar-refractivity contribution in [2.75, 3.05) is 0 Å². The Bertz CT molecular complexity index is 650. The van der Waals surface area contributed by atoms with Gasteiger partial charge in [-0.05, 0) is 37.3 Å². The molecule has 0 aliphatic carbocycles. The maximum Gasteiger partial charge on any atom is 0.240 e. The number of halogens is 1. The monoisotopic (exact) mass is 283 g/mol. The van der Waals surface area contributed by atoms with Gasteiger partial charge in [-0.1, -0.05) is 0 Å². The first-order valence-corrected chi connectivity index (χ1v) is 7.27. The molecule has 0 aliphatic rings. The lowest BCUT2D eigenvalue weighted by Gasteiger charge is -2.05. The molecule has 19 heavy (non-hydrogen) atoms. The Morgan fingerprint density at radius 3 is 2.53 bits per heavy atom. The molecule has 0 atom stereocenters. The molecule has 0 bridgehead atoms. The first-order chi connectivity index (χ1) is 9.01. The zero-order valence-corrected chi connectivity index (χ0v) is 11.2. The van der Waals surface area contributed by atoms with E-state index in [1.807, 2.05) is 6.92 Å². The van der Waals surface area contributed by atoms with Crippen LogP contribution in [-0.4, -0.2) is 18.2 Å². The smallest absolute Gasteiger partial charge is 0.240 e. The van der Waals surface area contributed by atoms with Crippen molar-refractivity contribution in [3.05, 3.63) is 48.0 Å². The molecule has 0 saturated carbocycles. The summed E-state index contributed by atoms with van der Waals surface area (Å²) in [5.74, 6) is -0.472. The molecule has 0 radical (unpaired) electrons. The molecule has 0 spiro atoms. The Balaban J connectivity index is 2.07. The number of aromatic nitrogens is 2. The summed E-state index contributed by atoms with van der Waals surface area (Å²) >= 11 is 0. The van der Waals surface area contributed by atoms with E-state index >= 15 is 0 Å². The summed E-state index contributed by atoms with van der Waals surface area (Å²) in [6.45, 7) is 2.77. The second kappa shape index (κ2) is 5.50. The van der Waals surface area contributed by atoms with Crippen molar-refractivity contribution >= 4 is 10.0 Å². The maximum absolute atomic E-state index is 12.7. The summed E-state index contributed by atoms with van der Waals surface area (Å²) in [5, 5.41) is 4.17.